The van der Waals surface area contributed by atoms with Crippen molar-refractivity contribution < 1.29 is 4.74 Å². The van der Waals surface area contributed by atoms with Crippen LogP contribution in [0, 0.1) is 0 Å². The fourth-order valence-corrected chi connectivity index (χ4v) is 2.53. The lowest BCUT2D eigenvalue weighted by atomic mass is 10.2. The number of nitrogens with zero attached hydrogens (tertiary/aromatic N) is 2. The molecule has 0 radical (unpaired) electrons. The van der Waals surface area contributed by atoms with E-state index in [0.29, 0.717) is 17.8 Å². The van der Waals surface area contributed by atoms with Gasteiger partial charge in [-0.25, -0.2) is 4.98 Å². The van der Waals surface area contributed by atoms with Crippen LogP contribution in [0.4, 0.5) is 0 Å². The molecule has 0 fully saturated rings. The number of aromatic amines is 1. The van der Waals surface area contributed by atoms with Gasteiger partial charge in [-0.3, -0.25) is 9.69 Å². The van der Waals surface area contributed by atoms with E-state index in [9.17, 15) is 4.79 Å². The monoisotopic (exact) mass is 323 g/mol. The van der Waals surface area contributed by atoms with E-state index in [0.717, 1.165) is 17.8 Å². The van der Waals surface area contributed by atoms with Gasteiger partial charge in [0.15, 0.2) is 0 Å². The summed E-state index contributed by atoms with van der Waals surface area (Å²) in [6.07, 6.45) is 0. The Bertz CT molecular complexity index is 861. The fourth-order valence-electron chi connectivity index (χ4n) is 2.53. The molecule has 0 aliphatic rings. The number of nitrogens with one attached hydrogen (secondary N) is 1. The molecule has 5 heteroatoms. The van der Waals surface area contributed by atoms with Crippen molar-refractivity contribution in [2.24, 2.45) is 0 Å². The highest BCUT2D eigenvalue weighted by Gasteiger charge is 2.15. The molecule has 1 N–H and O–H groups in total. The Labute approximate surface area is 140 Å². The Morgan fingerprint density at radius 1 is 1.12 bits per heavy atom. The van der Waals surface area contributed by atoms with Gasteiger partial charge < -0.3 is 9.72 Å². The second-order valence-electron chi connectivity index (χ2n) is 5.79. The predicted octanol–water partition coefficient (Wildman–Crippen LogP) is 2.99. The molecule has 0 saturated heterocycles. The molecule has 124 valence electrons. The molecule has 24 heavy (non-hydrogen) atoms. The second-order valence-corrected chi connectivity index (χ2v) is 5.79. The van der Waals surface area contributed by atoms with Gasteiger partial charge in [-0.05, 0) is 38.2 Å². The Kier molecular flexibility index (Phi) is 4.91. The third-order valence-corrected chi connectivity index (χ3v) is 4.14. The van der Waals surface area contributed by atoms with Gasteiger partial charge in [0.25, 0.3) is 5.56 Å². The summed E-state index contributed by atoms with van der Waals surface area (Å²) in [6, 6.07) is 17.1. The number of rotatable bonds is 6. The molecule has 1 heterocycles. The third kappa shape index (κ3) is 3.63. The minimum Gasteiger partial charge on any atom is -0.492 e. The number of para-hydroxylation sites is 2. The largest absolute Gasteiger partial charge is 0.492 e. The SMILES string of the molecule is C[C@H](c1nc2ccccc2c(=O)[nH]1)N(C)CCOc1ccccc1. The van der Waals surface area contributed by atoms with Crippen molar-refractivity contribution in [3.63, 3.8) is 0 Å². The van der Waals surface area contributed by atoms with Crippen molar-refractivity contribution in [2.75, 3.05) is 20.2 Å². The van der Waals surface area contributed by atoms with Gasteiger partial charge in [-0.15, -0.1) is 0 Å². The van der Waals surface area contributed by atoms with E-state index >= 15 is 0 Å². The van der Waals surface area contributed by atoms with E-state index in [1.807, 2.05) is 62.5 Å². The normalized spacial score (nSPS) is 12.5. The molecule has 2 aromatic carbocycles. The summed E-state index contributed by atoms with van der Waals surface area (Å²) in [6.45, 7) is 3.32. The summed E-state index contributed by atoms with van der Waals surface area (Å²) in [4.78, 5) is 21.8. The van der Waals surface area contributed by atoms with Crippen LogP contribution in [0.15, 0.2) is 59.4 Å². The van der Waals surface area contributed by atoms with Crippen LogP contribution in [0.5, 0.6) is 5.75 Å². The average Bonchev–Trinajstić information content (AvgIpc) is 2.62. The number of hydrogen-bond donors (Lipinski definition) is 1. The summed E-state index contributed by atoms with van der Waals surface area (Å²) < 4.78 is 5.72. The van der Waals surface area contributed by atoms with E-state index in [2.05, 4.69) is 14.9 Å². The van der Waals surface area contributed by atoms with Crippen LogP contribution in [-0.2, 0) is 0 Å². The highest BCUT2D eigenvalue weighted by molar-refractivity contribution is 5.77. The molecular formula is C19H21N3O2. The summed E-state index contributed by atoms with van der Waals surface area (Å²) in [5.74, 6) is 1.52. The van der Waals surface area contributed by atoms with Gasteiger partial charge in [0, 0.05) is 6.54 Å². The number of ether oxygens (including phenoxy) is 1. The standard InChI is InChI=1S/C19H21N3O2/c1-14(22(2)12-13-24-15-8-4-3-5-9-15)18-20-17-11-7-6-10-16(17)19(23)21-18/h3-11,14H,12-13H2,1-2H3,(H,20,21,23)/t14-/m1/s1. The molecule has 0 aliphatic carbocycles. The number of aromatic nitrogens is 2. The first-order valence-electron chi connectivity index (χ1n) is 8.02. The molecule has 3 aromatic rings. The Hall–Kier alpha value is -2.66. The molecule has 1 aromatic heterocycles. The molecule has 0 spiro atoms. The van der Waals surface area contributed by atoms with Crippen molar-refractivity contribution in [2.45, 2.75) is 13.0 Å². The maximum Gasteiger partial charge on any atom is 0.258 e. The number of hydrogen-bond acceptors (Lipinski definition) is 4. The fraction of sp³-hybridized carbons (Fsp3) is 0.263. The van der Waals surface area contributed by atoms with Gasteiger partial charge in [-0.2, -0.15) is 0 Å². The van der Waals surface area contributed by atoms with E-state index in [4.69, 9.17) is 4.74 Å². The van der Waals surface area contributed by atoms with Crippen molar-refractivity contribution in [1.29, 1.82) is 0 Å². The van der Waals surface area contributed by atoms with E-state index in [-0.39, 0.29) is 11.6 Å². The maximum atomic E-state index is 12.2. The lowest BCUT2D eigenvalue weighted by molar-refractivity contribution is 0.196. The van der Waals surface area contributed by atoms with Crippen LogP contribution in [0.25, 0.3) is 10.9 Å². The first-order valence-corrected chi connectivity index (χ1v) is 8.02. The van der Waals surface area contributed by atoms with Crippen LogP contribution >= 0.6 is 0 Å². The van der Waals surface area contributed by atoms with Crippen LogP contribution < -0.4 is 10.3 Å². The molecule has 0 bridgehead atoms. The Morgan fingerprint density at radius 3 is 2.62 bits per heavy atom. The molecule has 1 atom stereocenters. The molecule has 0 saturated carbocycles. The second kappa shape index (κ2) is 7.27. The molecule has 5 nitrogen and oxygen atoms in total. The van der Waals surface area contributed by atoms with Crippen LogP contribution in [-0.4, -0.2) is 35.1 Å². The first kappa shape index (κ1) is 16.2. The number of fused-ring (bicyclic) bond motifs is 1. The molecule has 0 amide bonds. The Morgan fingerprint density at radius 2 is 1.83 bits per heavy atom. The summed E-state index contributed by atoms with van der Waals surface area (Å²) in [5.41, 5.74) is 0.619. The molecule has 0 aliphatic heterocycles. The number of likely N-dealkylation sites (N-methyl/N-ethyl adjacent to an activating group) is 1. The van der Waals surface area contributed by atoms with Crippen molar-refractivity contribution in [1.82, 2.24) is 14.9 Å². The van der Waals surface area contributed by atoms with Gasteiger partial charge >= 0.3 is 0 Å². The quantitative estimate of drug-likeness (QED) is 0.757. The zero-order valence-electron chi connectivity index (χ0n) is 13.9. The van der Waals surface area contributed by atoms with Crippen LogP contribution in [0.2, 0.25) is 0 Å². The van der Waals surface area contributed by atoms with Crippen molar-refractivity contribution in [3.05, 3.63) is 70.8 Å². The van der Waals surface area contributed by atoms with Crippen LogP contribution in [0.1, 0.15) is 18.8 Å². The maximum absolute atomic E-state index is 12.2. The number of benzene rings is 2. The van der Waals surface area contributed by atoms with E-state index in [1.165, 1.54) is 0 Å². The highest BCUT2D eigenvalue weighted by atomic mass is 16.5. The smallest absolute Gasteiger partial charge is 0.258 e. The van der Waals surface area contributed by atoms with Gasteiger partial charge in [0.1, 0.15) is 18.2 Å². The molecule has 0 unspecified atom stereocenters. The van der Waals surface area contributed by atoms with E-state index < -0.39 is 0 Å². The first-order chi connectivity index (χ1) is 11.6. The topological polar surface area (TPSA) is 58.2 Å². The average molecular weight is 323 g/mol. The predicted molar refractivity (Wildman–Crippen MR) is 95.3 cm³/mol. The van der Waals surface area contributed by atoms with Gasteiger partial charge in [0.05, 0.1) is 16.9 Å². The van der Waals surface area contributed by atoms with Crippen LogP contribution in [0.3, 0.4) is 0 Å². The molecule has 3 rings (SSSR count). The van der Waals surface area contributed by atoms with Gasteiger partial charge in [-0.1, -0.05) is 30.3 Å². The summed E-state index contributed by atoms with van der Waals surface area (Å²) in [7, 11) is 1.99. The highest BCUT2D eigenvalue weighted by Crippen LogP contribution is 2.16. The minimum atomic E-state index is -0.101. The number of H-pyrrole nitrogens is 1. The molecular weight excluding hydrogens is 302 g/mol. The van der Waals surface area contributed by atoms with Gasteiger partial charge in [0.2, 0.25) is 0 Å². The zero-order valence-corrected chi connectivity index (χ0v) is 13.9. The van der Waals surface area contributed by atoms with Crippen molar-refractivity contribution >= 4 is 10.9 Å². The Balaban J connectivity index is 1.67. The summed E-state index contributed by atoms with van der Waals surface area (Å²) in [5, 5.41) is 0.614. The minimum absolute atomic E-state index is 0.0123. The summed E-state index contributed by atoms with van der Waals surface area (Å²) >= 11 is 0. The lowest BCUT2D eigenvalue weighted by Crippen LogP contribution is -2.29. The van der Waals surface area contributed by atoms with Crippen molar-refractivity contribution in [3.8, 4) is 5.75 Å². The third-order valence-electron chi connectivity index (χ3n) is 4.14. The zero-order chi connectivity index (χ0) is 16.9. The lowest BCUT2D eigenvalue weighted by Gasteiger charge is -2.24. The van der Waals surface area contributed by atoms with E-state index in [1.54, 1.807) is 6.07 Å².